The highest BCUT2D eigenvalue weighted by atomic mass is 14.3. The van der Waals surface area contributed by atoms with E-state index in [1.807, 2.05) is 0 Å². The van der Waals surface area contributed by atoms with Crippen molar-refractivity contribution in [1.29, 1.82) is 0 Å². The lowest BCUT2D eigenvalue weighted by Crippen LogP contribution is -1.96. The summed E-state index contributed by atoms with van der Waals surface area (Å²) in [6, 6.07) is 8.93. The molecule has 0 fully saturated rings. The van der Waals surface area contributed by atoms with Crippen molar-refractivity contribution in [3.05, 3.63) is 53.1 Å². The van der Waals surface area contributed by atoms with E-state index in [1.54, 1.807) is 16.7 Å². The third kappa shape index (κ3) is 2.09. The Morgan fingerprint density at radius 1 is 1.18 bits per heavy atom. The van der Waals surface area contributed by atoms with Crippen molar-refractivity contribution < 1.29 is 0 Å². The molecule has 0 aromatic heterocycles. The maximum Gasteiger partial charge on any atom is 0.00981 e. The Morgan fingerprint density at radius 3 is 2.59 bits per heavy atom. The largest absolute Gasteiger partial charge is 0.0874 e. The van der Waals surface area contributed by atoms with E-state index >= 15 is 0 Å². The Labute approximate surface area is 105 Å². The Morgan fingerprint density at radius 2 is 1.94 bits per heavy atom. The van der Waals surface area contributed by atoms with E-state index in [1.165, 1.54) is 18.4 Å². The quantitative estimate of drug-likeness (QED) is 0.651. The van der Waals surface area contributed by atoms with Crippen LogP contribution >= 0.6 is 0 Å². The summed E-state index contributed by atoms with van der Waals surface area (Å²) in [4.78, 5) is 0. The van der Waals surface area contributed by atoms with Gasteiger partial charge in [-0.1, -0.05) is 56.7 Å². The number of fused-ring (bicyclic) bond motifs is 1. The zero-order valence-electron chi connectivity index (χ0n) is 11.2. The molecule has 0 spiro atoms. The van der Waals surface area contributed by atoms with Crippen LogP contribution in [0.5, 0.6) is 0 Å². The SMILES string of the molecule is C/C=C\C1=C(CC)c2ccccc2C1CCC. The van der Waals surface area contributed by atoms with Gasteiger partial charge in [0.25, 0.3) is 0 Å². The van der Waals surface area contributed by atoms with Crippen LogP contribution in [0, 0.1) is 0 Å². The van der Waals surface area contributed by atoms with Gasteiger partial charge < -0.3 is 0 Å². The van der Waals surface area contributed by atoms with Gasteiger partial charge in [0.05, 0.1) is 0 Å². The third-order valence-corrected chi connectivity index (χ3v) is 3.66. The first-order valence-corrected chi connectivity index (χ1v) is 6.78. The van der Waals surface area contributed by atoms with E-state index in [2.05, 4.69) is 57.2 Å². The van der Waals surface area contributed by atoms with Crippen molar-refractivity contribution in [2.24, 2.45) is 0 Å². The molecular weight excluding hydrogens is 204 g/mol. The molecule has 0 heterocycles. The Balaban J connectivity index is 2.53. The lowest BCUT2D eigenvalue weighted by Gasteiger charge is -2.13. The average Bonchev–Trinajstić information content (AvgIpc) is 2.65. The number of allylic oxidation sites excluding steroid dienone is 4. The molecule has 1 aromatic rings. The van der Waals surface area contributed by atoms with Gasteiger partial charge in [-0.3, -0.25) is 0 Å². The molecule has 0 saturated heterocycles. The van der Waals surface area contributed by atoms with Gasteiger partial charge in [0.15, 0.2) is 0 Å². The van der Waals surface area contributed by atoms with Gasteiger partial charge in [-0.2, -0.15) is 0 Å². The van der Waals surface area contributed by atoms with Crippen molar-refractivity contribution in [2.75, 3.05) is 0 Å². The fraction of sp³-hybridized carbons (Fsp3) is 0.412. The van der Waals surface area contributed by atoms with Gasteiger partial charge >= 0.3 is 0 Å². The van der Waals surface area contributed by atoms with Gasteiger partial charge in [0, 0.05) is 5.92 Å². The second-order valence-corrected chi connectivity index (χ2v) is 4.72. The van der Waals surface area contributed by atoms with Crippen LogP contribution in [-0.4, -0.2) is 0 Å². The highest BCUT2D eigenvalue weighted by Crippen LogP contribution is 2.45. The van der Waals surface area contributed by atoms with Crippen LogP contribution in [0.15, 0.2) is 42.0 Å². The second-order valence-electron chi connectivity index (χ2n) is 4.72. The van der Waals surface area contributed by atoms with Crippen LogP contribution in [0.2, 0.25) is 0 Å². The molecule has 0 amide bonds. The van der Waals surface area contributed by atoms with E-state index in [0.717, 1.165) is 6.42 Å². The van der Waals surface area contributed by atoms with Crippen molar-refractivity contribution in [1.82, 2.24) is 0 Å². The predicted molar refractivity (Wildman–Crippen MR) is 76.1 cm³/mol. The molecule has 1 aliphatic rings. The minimum absolute atomic E-state index is 0.627. The van der Waals surface area contributed by atoms with Crippen LogP contribution in [0.4, 0.5) is 0 Å². The van der Waals surface area contributed by atoms with Gasteiger partial charge in [-0.15, -0.1) is 0 Å². The maximum atomic E-state index is 2.32. The summed E-state index contributed by atoms with van der Waals surface area (Å²) in [5.41, 5.74) is 6.14. The molecular formula is C17H22. The molecule has 17 heavy (non-hydrogen) atoms. The third-order valence-electron chi connectivity index (χ3n) is 3.66. The molecule has 90 valence electrons. The van der Waals surface area contributed by atoms with Gasteiger partial charge in [0.2, 0.25) is 0 Å². The van der Waals surface area contributed by atoms with Crippen molar-refractivity contribution >= 4 is 5.57 Å². The standard InChI is InChI=1S/C17H22/c1-4-9-14-13(6-3)16-11-7-8-12-17(16)15(14)10-5-2/h4,7-9,11-12,15H,5-6,10H2,1-3H3/b9-4-. The Kier molecular flexibility index (Phi) is 3.83. The summed E-state index contributed by atoms with van der Waals surface area (Å²) in [6.07, 6.45) is 8.15. The molecule has 0 nitrogen and oxygen atoms in total. The molecule has 0 radical (unpaired) electrons. The predicted octanol–water partition coefficient (Wildman–Crippen LogP) is 5.32. The van der Waals surface area contributed by atoms with Crippen LogP contribution in [0.3, 0.4) is 0 Å². The summed E-state index contributed by atoms with van der Waals surface area (Å²) < 4.78 is 0. The lowest BCUT2D eigenvalue weighted by molar-refractivity contribution is 0.707. The lowest BCUT2D eigenvalue weighted by atomic mass is 9.91. The fourth-order valence-electron chi connectivity index (χ4n) is 3.00. The van der Waals surface area contributed by atoms with Gasteiger partial charge in [0.1, 0.15) is 0 Å². The number of hydrogen-bond donors (Lipinski definition) is 0. The van der Waals surface area contributed by atoms with Crippen LogP contribution in [0.1, 0.15) is 57.1 Å². The molecule has 0 aliphatic heterocycles. The molecule has 0 heteroatoms. The Hall–Kier alpha value is -1.30. The monoisotopic (exact) mass is 226 g/mol. The molecule has 0 saturated carbocycles. The van der Waals surface area contributed by atoms with Crippen LogP contribution < -0.4 is 0 Å². The summed E-state index contributed by atoms with van der Waals surface area (Å²) in [6.45, 7) is 6.66. The van der Waals surface area contributed by atoms with Gasteiger partial charge in [-0.25, -0.2) is 0 Å². The summed E-state index contributed by atoms with van der Waals surface area (Å²) >= 11 is 0. The molecule has 0 bridgehead atoms. The number of rotatable bonds is 4. The first-order valence-electron chi connectivity index (χ1n) is 6.78. The zero-order chi connectivity index (χ0) is 12.3. The van der Waals surface area contributed by atoms with E-state index in [4.69, 9.17) is 0 Å². The Bertz CT molecular complexity index is 449. The smallest absolute Gasteiger partial charge is 0.00981 e. The molecule has 1 aromatic carbocycles. The minimum Gasteiger partial charge on any atom is -0.0874 e. The maximum absolute atomic E-state index is 2.32. The number of hydrogen-bond acceptors (Lipinski definition) is 0. The van der Waals surface area contributed by atoms with E-state index < -0.39 is 0 Å². The van der Waals surface area contributed by atoms with Crippen molar-refractivity contribution in [3.8, 4) is 0 Å². The normalized spacial score (nSPS) is 19.1. The van der Waals surface area contributed by atoms with E-state index in [9.17, 15) is 0 Å². The molecule has 1 atom stereocenters. The van der Waals surface area contributed by atoms with Crippen molar-refractivity contribution in [3.63, 3.8) is 0 Å². The van der Waals surface area contributed by atoms with E-state index in [0.29, 0.717) is 5.92 Å². The second kappa shape index (κ2) is 5.35. The molecule has 1 unspecified atom stereocenters. The topological polar surface area (TPSA) is 0 Å². The van der Waals surface area contributed by atoms with Crippen molar-refractivity contribution in [2.45, 2.75) is 46.0 Å². The molecule has 1 aliphatic carbocycles. The van der Waals surface area contributed by atoms with Gasteiger partial charge in [-0.05, 0) is 42.0 Å². The van der Waals surface area contributed by atoms with Crippen LogP contribution in [-0.2, 0) is 0 Å². The number of benzene rings is 1. The fourth-order valence-corrected chi connectivity index (χ4v) is 3.00. The summed E-state index contributed by atoms with van der Waals surface area (Å²) in [5, 5.41) is 0. The molecule has 2 rings (SSSR count). The first kappa shape index (κ1) is 12.2. The summed E-state index contributed by atoms with van der Waals surface area (Å²) in [5.74, 6) is 0.627. The summed E-state index contributed by atoms with van der Waals surface area (Å²) in [7, 11) is 0. The first-order chi connectivity index (χ1) is 8.33. The van der Waals surface area contributed by atoms with Crippen LogP contribution in [0.25, 0.3) is 5.57 Å². The highest BCUT2D eigenvalue weighted by Gasteiger charge is 2.27. The average molecular weight is 226 g/mol. The molecule has 0 N–H and O–H groups in total. The zero-order valence-corrected chi connectivity index (χ0v) is 11.2. The minimum atomic E-state index is 0.627. The van der Waals surface area contributed by atoms with E-state index in [-0.39, 0.29) is 0 Å². The highest BCUT2D eigenvalue weighted by molar-refractivity contribution is 5.80.